The maximum Gasteiger partial charge on any atom is 0.291 e. The lowest BCUT2D eigenvalue weighted by Crippen LogP contribution is -2.33. The molecule has 154 valence electrons. The van der Waals surface area contributed by atoms with Crippen LogP contribution in [0.15, 0.2) is 88.1 Å². The lowest BCUT2D eigenvalue weighted by Gasteiger charge is -2.27. The molecule has 0 bridgehead atoms. The van der Waals surface area contributed by atoms with E-state index in [0.717, 1.165) is 0 Å². The fourth-order valence-electron chi connectivity index (χ4n) is 4.15. The van der Waals surface area contributed by atoms with Crippen molar-refractivity contribution < 1.29 is 14.3 Å². The Hall–Kier alpha value is -3.41. The van der Waals surface area contributed by atoms with Crippen LogP contribution in [0, 0.1) is 0 Å². The normalized spacial score (nSPS) is 16.5. The number of fused-ring (bicyclic) bond motifs is 2. The van der Waals surface area contributed by atoms with Gasteiger partial charge in [-0.1, -0.05) is 66.2 Å². The monoisotopic (exact) mass is 431 g/mol. The minimum absolute atomic E-state index is 0.0000118. The van der Waals surface area contributed by atoms with Crippen molar-refractivity contribution in [1.29, 1.82) is 0 Å². The molecule has 5 rings (SSSR count). The quantitative estimate of drug-likeness (QED) is 0.507. The number of para-hydroxylation sites is 1. The standard InChI is InChI=1S/C25H18ClNO4/c26-17-10-6-9-16(13-17)22-21-23(29)18-11-4-5-12-20(18)31-24(21)25(30)27(22)14-19(28)15-7-2-1-3-8-15/h1-13,19,22,28H,14H2/t19-,22-/m1/s1. The number of hydrogen-bond acceptors (Lipinski definition) is 4. The predicted octanol–water partition coefficient (Wildman–Crippen LogP) is 4.73. The summed E-state index contributed by atoms with van der Waals surface area (Å²) in [5.41, 5.74) is 1.73. The van der Waals surface area contributed by atoms with Crippen LogP contribution < -0.4 is 5.43 Å². The zero-order chi connectivity index (χ0) is 21.5. The highest BCUT2D eigenvalue weighted by Crippen LogP contribution is 2.39. The molecule has 0 unspecified atom stereocenters. The number of hydrogen-bond donors (Lipinski definition) is 1. The Kier molecular flexibility index (Phi) is 4.85. The number of aliphatic hydroxyl groups excluding tert-OH is 1. The fourth-order valence-corrected chi connectivity index (χ4v) is 4.34. The first-order valence-electron chi connectivity index (χ1n) is 9.90. The van der Waals surface area contributed by atoms with Crippen molar-refractivity contribution in [1.82, 2.24) is 4.90 Å². The second-order valence-electron chi connectivity index (χ2n) is 7.51. The second-order valence-corrected chi connectivity index (χ2v) is 7.95. The molecule has 6 heteroatoms. The molecule has 0 fully saturated rings. The van der Waals surface area contributed by atoms with Crippen LogP contribution in [0.25, 0.3) is 11.0 Å². The van der Waals surface area contributed by atoms with Gasteiger partial charge in [0.05, 0.1) is 29.6 Å². The average molecular weight is 432 g/mol. The van der Waals surface area contributed by atoms with Gasteiger partial charge >= 0.3 is 0 Å². The van der Waals surface area contributed by atoms with Gasteiger partial charge in [-0.3, -0.25) is 9.59 Å². The van der Waals surface area contributed by atoms with Crippen LogP contribution >= 0.6 is 11.6 Å². The molecule has 1 amide bonds. The smallest absolute Gasteiger partial charge is 0.291 e. The first kappa shape index (κ1) is 19.5. The highest BCUT2D eigenvalue weighted by atomic mass is 35.5. The van der Waals surface area contributed by atoms with Crippen molar-refractivity contribution in [3.63, 3.8) is 0 Å². The fraction of sp³-hybridized carbons (Fsp3) is 0.120. The zero-order valence-electron chi connectivity index (χ0n) is 16.4. The van der Waals surface area contributed by atoms with Crippen LogP contribution in [0.5, 0.6) is 0 Å². The lowest BCUT2D eigenvalue weighted by atomic mass is 9.98. The third-order valence-electron chi connectivity index (χ3n) is 5.59. The molecular weight excluding hydrogens is 414 g/mol. The van der Waals surface area contributed by atoms with Crippen molar-refractivity contribution in [2.75, 3.05) is 6.54 Å². The van der Waals surface area contributed by atoms with Crippen LogP contribution in [-0.4, -0.2) is 22.5 Å². The van der Waals surface area contributed by atoms with Crippen molar-refractivity contribution in [3.8, 4) is 0 Å². The summed E-state index contributed by atoms with van der Waals surface area (Å²) in [7, 11) is 0. The molecule has 1 aliphatic heterocycles. The van der Waals surface area contributed by atoms with Gasteiger partial charge in [0.2, 0.25) is 5.76 Å². The maximum atomic E-state index is 13.4. The third kappa shape index (κ3) is 3.32. The number of carbonyl (C=O) groups excluding carboxylic acids is 1. The number of carbonyl (C=O) groups is 1. The molecular formula is C25H18ClNO4. The number of aliphatic hydroxyl groups is 1. The second kappa shape index (κ2) is 7.69. The minimum Gasteiger partial charge on any atom is -0.450 e. The van der Waals surface area contributed by atoms with Crippen LogP contribution in [-0.2, 0) is 0 Å². The number of halogens is 1. The Morgan fingerprint density at radius 1 is 0.968 bits per heavy atom. The van der Waals surface area contributed by atoms with E-state index in [9.17, 15) is 14.7 Å². The van der Waals surface area contributed by atoms with Crippen molar-refractivity contribution >= 4 is 28.5 Å². The van der Waals surface area contributed by atoms with Gasteiger partial charge in [-0.25, -0.2) is 0 Å². The Morgan fingerprint density at radius 3 is 2.48 bits per heavy atom. The summed E-state index contributed by atoms with van der Waals surface area (Å²) in [5.74, 6) is -0.424. The molecule has 2 atom stereocenters. The summed E-state index contributed by atoms with van der Waals surface area (Å²) < 4.78 is 5.89. The van der Waals surface area contributed by atoms with E-state index in [-0.39, 0.29) is 23.3 Å². The number of β-amino-alcohol motifs (C(OH)–C–C–N with tert-alkyl or cyclic N) is 1. The average Bonchev–Trinajstić information content (AvgIpc) is 3.06. The zero-order valence-corrected chi connectivity index (χ0v) is 17.1. The first-order valence-corrected chi connectivity index (χ1v) is 10.3. The molecule has 2 heterocycles. The van der Waals surface area contributed by atoms with E-state index in [1.807, 2.05) is 24.3 Å². The minimum atomic E-state index is -0.925. The Bertz CT molecular complexity index is 1350. The highest BCUT2D eigenvalue weighted by Gasteiger charge is 2.43. The Balaban J connectivity index is 1.68. The molecule has 0 aliphatic carbocycles. The SMILES string of the molecule is O=C1c2oc3ccccc3c(=O)c2[C@@H](c2cccc(Cl)c2)N1C[C@@H](O)c1ccccc1. The van der Waals surface area contributed by atoms with Crippen LogP contribution in [0.2, 0.25) is 5.02 Å². The van der Waals surface area contributed by atoms with E-state index in [1.54, 1.807) is 54.6 Å². The number of nitrogens with zero attached hydrogens (tertiary/aromatic N) is 1. The summed E-state index contributed by atoms with van der Waals surface area (Å²) >= 11 is 6.22. The van der Waals surface area contributed by atoms with Crippen LogP contribution in [0.3, 0.4) is 0 Å². The van der Waals surface area contributed by atoms with E-state index in [2.05, 4.69) is 0 Å². The van der Waals surface area contributed by atoms with Gasteiger partial charge < -0.3 is 14.4 Å². The van der Waals surface area contributed by atoms with Gasteiger partial charge in [0.15, 0.2) is 5.43 Å². The summed E-state index contributed by atoms with van der Waals surface area (Å²) in [5, 5.41) is 11.7. The molecule has 5 nitrogen and oxygen atoms in total. The van der Waals surface area contributed by atoms with Crippen molar-refractivity contribution in [2.24, 2.45) is 0 Å². The van der Waals surface area contributed by atoms with Gasteiger partial charge in [0.25, 0.3) is 5.91 Å². The molecule has 4 aromatic rings. The highest BCUT2D eigenvalue weighted by molar-refractivity contribution is 6.30. The number of amides is 1. The molecule has 1 aromatic heterocycles. The van der Waals surface area contributed by atoms with E-state index in [0.29, 0.717) is 27.1 Å². The first-order chi connectivity index (χ1) is 15.0. The van der Waals surface area contributed by atoms with Crippen molar-refractivity contribution in [2.45, 2.75) is 12.1 Å². The van der Waals surface area contributed by atoms with E-state index >= 15 is 0 Å². The summed E-state index contributed by atoms with van der Waals surface area (Å²) in [6.45, 7) is 0.0000118. The molecule has 0 spiro atoms. The molecule has 0 saturated heterocycles. The van der Waals surface area contributed by atoms with Gasteiger partial charge in [-0.2, -0.15) is 0 Å². The van der Waals surface area contributed by atoms with E-state index in [4.69, 9.17) is 16.0 Å². The van der Waals surface area contributed by atoms with Gasteiger partial charge in [-0.15, -0.1) is 0 Å². The Morgan fingerprint density at radius 2 is 1.71 bits per heavy atom. The molecule has 1 N–H and O–H groups in total. The van der Waals surface area contributed by atoms with Crippen molar-refractivity contribution in [3.05, 3.63) is 117 Å². The molecule has 31 heavy (non-hydrogen) atoms. The predicted molar refractivity (Wildman–Crippen MR) is 118 cm³/mol. The maximum absolute atomic E-state index is 13.4. The molecule has 0 radical (unpaired) electrons. The summed E-state index contributed by atoms with van der Waals surface area (Å²) in [4.78, 5) is 28.3. The van der Waals surface area contributed by atoms with Crippen LogP contribution in [0.1, 0.15) is 39.4 Å². The Labute approximate surface area is 183 Å². The molecule has 3 aromatic carbocycles. The largest absolute Gasteiger partial charge is 0.450 e. The van der Waals surface area contributed by atoms with Gasteiger partial charge in [0.1, 0.15) is 5.58 Å². The van der Waals surface area contributed by atoms with Crippen LogP contribution in [0.4, 0.5) is 0 Å². The molecule has 0 saturated carbocycles. The number of rotatable bonds is 4. The summed E-state index contributed by atoms with van der Waals surface area (Å²) in [6.07, 6.45) is -0.925. The van der Waals surface area contributed by atoms with Gasteiger partial charge in [0, 0.05) is 5.02 Å². The van der Waals surface area contributed by atoms with E-state index < -0.39 is 18.1 Å². The number of benzene rings is 3. The lowest BCUT2D eigenvalue weighted by molar-refractivity contribution is 0.0583. The summed E-state index contributed by atoms with van der Waals surface area (Å²) in [6, 6.07) is 22.3. The third-order valence-corrected chi connectivity index (χ3v) is 5.83. The van der Waals surface area contributed by atoms with E-state index in [1.165, 1.54) is 4.90 Å². The molecule has 1 aliphatic rings. The topological polar surface area (TPSA) is 70.8 Å². The van der Waals surface area contributed by atoms with Gasteiger partial charge in [-0.05, 0) is 35.4 Å².